The van der Waals surface area contributed by atoms with E-state index in [4.69, 9.17) is 5.73 Å². The highest BCUT2D eigenvalue weighted by atomic mass is 32.1. The van der Waals surface area contributed by atoms with Crippen molar-refractivity contribution in [2.75, 3.05) is 0 Å². The topological polar surface area (TPSA) is 95.6 Å². The van der Waals surface area contributed by atoms with Crippen LogP contribution in [0.25, 0.3) is 17.5 Å². The third-order valence-electron chi connectivity index (χ3n) is 5.17. The molecule has 1 atom stereocenters. The summed E-state index contributed by atoms with van der Waals surface area (Å²) in [5.74, 6) is -0.507. The summed E-state index contributed by atoms with van der Waals surface area (Å²) in [7, 11) is 0. The van der Waals surface area contributed by atoms with Crippen molar-refractivity contribution in [1.29, 1.82) is 10.5 Å². The van der Waals surface area contributed by atoms with Gasteiger partial charge in [0.1, 0.15) is 10.5 Å². The van der Waals surface area contributed by atoms with Crippen LogP contribution in [0, 0.1) is 36.5 Å². The highest BCUT2D eigenvalue weighted by Crippen LogP contribution is 2.35. The zero-order valence-corrected chi connectivity index (χ0v) is 17.3. The number of nitriles is 2. The van der Waals surface area contributed by atoms with Gasteiger partial charge in [-0.05, 0) is 31.1 Å². The summed E-state index contributed by atoms with van der Waals surface area (Å²) < 4.78 is 2.24. The molecule has 5 nitrogen and oxygen atoms in total. The van der Waals surface area contributed by atoms with Gasteiger partial charge in [-0.25, -0.2) is 0 Å². The lowest BCUT2D eigenvalue weighted by molar-refractivity contribution is 0.906. The van der Waals surface area contributed by atoms with E-state index in [9.17, 15) is 15.3 Å². The third-order valence-corrected chi connectivity index (χ3v) is 6.28. The van der Waals surface area contributed by atoms with Gasteiger partial charge in [-0.3, -0.25) is 9.36 Å². The number of allylic oxidation sites excluding steroid dienone is 1. The SMILES string of the molecule is Cc1ccc(C=c2sc3n(c2=O)C(N)=C(C#N)C(c2ccc(C)cc2)C=3C#N)cc1. The Morgan fingerprint density at radius 3 is 2.10 bits per heavy atom. The van der Waals surface area contributed by atoms with E-state index in [2.05, 4.69) is 12.1 Å². The third kappa shape index (κ3) is 3.14. The molecule has 2 heterocycles. The average Bonchev–Trinajstić information content (AvgIpc) is 3.06. The molecule has 2 N–H and O–H groups in total. The van der Waals surface area contributed by atoms with Crippen LogP contribution in [-0.2, 0) is 0 Å². The molecule has 4 rings (SSSR count). The van der Waals surface area contributed by atoms with Crippen LogP contribution in [0.4, 0.5) is 0 Å². The molecule has 0 amide bonds. The van der Waals surface area contributed by atoms with E-state index < -0.39 is 5.92 Å². The van der Waals surface area contributed by atoms with Gasteiger partial charge in [0.2, 0.25) is 0 Å². The van der Waals surface area contributed by atoms with Crippen LogP contribution in [-0.4, -0.2) is 4.57 Å². The van der Waals surface area contributed by atoms with Crippen LogP contribution in [0.5, 0.6) is 0 Å². The fourth-order valence-corrected chi connectivity index (χ4v) is 4.69. The minimum atomic E-state index is -0.592. The van der Waals surface area contributed by atoms with Crippen LogP contribution >= 0.6 is 11.3 Å². The van der Waals surface area contributed by atoms with Gasteiger partial charge >= 0.3 is 0 Å². The zero-order valence-electron chi connectivity index (χ0n) is 16.5. The molecule has 0 fully saturated rings. The summed E-state index contributed by atoms with van der Waals surface area (Å²) in [6.45, 7) is 3.97. The van der Waals surface area contributed by atoms with E-state index in [1.165, 1.54) is 15.9 Å². The van der Waals surface area contributed by atoms with Crippen LogP contribution in [0.1, 0.15) is 28.2 Å². The fraction of sp³-hybridized carbons (Fsp3) is 0.125. The lowest BCUT2D eigenvalue weighted by Gasteiger charge is -2.22. The van der Waals surface area contributed by atoms with Crippen molar-refractivity contribution < 1.29 is 0 Å². The molecule has 0 radical (unpaired) electrons. The maximum Gasteiger partial charge on any atom is 0.274 e. The molecule has 1 unspecified atom stereocenters. The highest BCUT2D eigenvalue weighted by molar-refractivity contribution is 7.07. The average molecular weight is 411 g/mol. The van der Waals surface area contributed by atoms with Crippen molar-refractivity contribution in [3.63, 3.8) is 0 Å². The van der Waals surface area contributed by atoms with Gasteiger partial charge in [-0.2, -0.15) is 10.5 Å². The van der Waals surface area contributed by atoms with Crippen LogP contribution in [0.2, 0.25) is 0 Å². The van der Waals surface area contributed by atoms with Crippen LogP contribution < -0.4 is 20.5 Å². The van der Waals surface area contributed by atoms with E-state index in [-0.39, 0.29) is 17.0 Å². The monoisotopic (exact) mass is 410 g/mol. The number of thiazole rings is 1. The Morgan fingerprint density at radius 2 is 1.53 bits per heavy atom. The van der Waals surface area contributed by atoms with Crippen molar-refractivity contribution in [2.24, 2.45) is 5.73 Å². The molecule has 1 aliphatic heterocycles. The summed E-state index contributed by atoms with van der Waals surface area (Å²) in [5.41, 5.74) is 10.4. The van der Waals surface area contributed by atoms with E-state index in [1.807, 2.05) is 62.4 Å². The number of rotatable bonds is 2. The van der Waals surface area contributed by atoms with E-state index in [1.54, 1.807) is 6.08 Å². The smallest absolute Gasteiger partial charge is 0.274 e. The van der Waals surface area contributed by atoms with Crippen molar-refractivity contribution in [3.8, 4) is 12.1 Å². The number of nitrogens with zero attached hydrogens (tertiary/aromatic N) is 3. The lowest BCUT2D eigenvalue weighted by Crippen LogP contribution is -2.38. The van der Waals surface area contributed by atoms with E-state index in [0.29, 0.717) is 14.8 Å². The number of hydrogen-bond acceptors (Lipinski definition) is 5. The van der Waals surface area contributed by atoms with Crippen molar-refractivity contribution in [2.45, 2.75) is 19.8 Å². The van der Waals surface area contributed by atoms with Crippen molar-refractivity contribution >= 4 is 28.8 Å². The van der Waals surface area contributed by atoms with E-state index in [0.717, 1.165) is 22.3 Å². The second kappa shape index (κ2) is 7.51. The predicted octanol–water partition coefficient (Wildman–Crippen LogP) is 2.48. The normalized spacial score (nSPS) is 16.2. The Labute approximate surface area is 177 Å². The highest BCUT2D eigenvalue weighted by Gasteiger charge is 2.32. The van der Waals surface area contributed by atoms with Gasteiger partial charge in [-0.1, -0.05) is 59.7 Å². The maximum absolute atomic E-state index is 13.1. The number of aromatic nitrogens is 1. The summed E-state index contributed by atoms with van der Waals surface area (Å²) >= 11 is 1.22. The summed E-state index contributed by atoms with van der Waals surface area (Å²) in [4.78, 5) is 13.1. The van der Waals surface area contributed by atoms with Gasteiger partial charge in [0.15, 0.2) is 0 Å². The Balaban J connectivity index is 2.04. The van der Waals surface area contributed by atoms with Gasteiger partial charge in [-0.15, -0.1) is 11.3 Å². The Bertz CT molecular complexity index is 1440. The number of hydrogen-bond donors (Lipinski definition) is 1. The van der Waals surface area contributed by atoms with Crippen molar-refractivity contribution in [3.05, 3.63) is 95.9 Å². The zero-order chi connectivity index (χ0) is 21.4. The molecular weight excluding hydrogens is 392 g/mol. The molecule has 0 bridgehead atoms. The first-order chi connectivity index (χ1) is 14.4. The number of aryl methyl sites for hydroxylation is 2. The first-order valence-corrected chi connectivity index (χ1v) is 10.2. The lowest BCUT2D eigenvalue weighted by atomic mass is 9.84. The molecule has 30 heavy (non-hydrogen) atoms. The Kier molecular flexibility index (Phi) is 4.87. The first kappa shape index (κ1) is 19.4. The standard InChI is InChI=1S/C24H18N4OS/c1-14-3-7-16(8-4-14)11-20-23(29)28-22(27)18(12-25)21(19(13-26)24(28)30-20)17-9-5-15(2)6-10-17/h3-11,21H,27H2,1-2H3. The van der Waals surface area contributed by atoms with Crippen LogP contribution in [0.15, 0.2) is 58.9 Å². The molecule has 2 aromatic carbocycles. The van der Waals surface area contributed by atoms with Crippen molar-refractivity contribution in [1.82, 2.24) is 4.57 Å². The number of nitrogens with two attached hydrogens (primary N) is 1. The maximum atomic E-state index is 13.1. The summed E-state index contributed by atoms with van der Waals surface area (Å²) in [6.07, 6.45) is 1.78. The molecule has 0 aliphatic carbocycles. The second-order valence-electron chi connectivity index (χ2n) is 7.25. The molecule has 0 saturated carbocycles. The van der Waals surface area contributed by atoms with Gasteiger partial charge in [0.25, 0.3) is 5.56 Å². The molecule has 0 spiro atoms. The minimum Gasteiger partial charge on any atom is -0.384 e. The van der Waals surface area contributed by atoms with E-state index >= 15 is 0 Å². The molecule has 146 valence electrons. The summed E-state index contributed by atoms with van der Waals surface area (Å²) in [6, 6.07) is 19.8. The molecule has 0 saturated heterocycles. The molecule has 1 aromatic heterocycles. The second-order valence-corrected chi connectivity index (χ2v) is 8.28. The number of benzene rings is 2. The van der Waals surface area contributed by atoms with Crippen LogP contribution in [0.3, 0.4) is 0 Å². The quantitative estimate of drug-likeness (QED) is 0.702. The first-order valence-electron chi connectivity index (χ1n) is 9.36. The molecule has 3 aromatic rings. The Morgan fingerprint density at radius 1 is 0.967 bits per heavy atom. The molecule has 6 heteroatoms. The number of fused-ring (bicyclic) bond motifs is 1. The summed E-state index contributed by atoms with van der Waals surface area (Å²) in [5, 5.41) is 19.8. The molecular formula is C24H18N4OS. The van der Waals surface area contributed by atoms with Gasteiger partial charge in [0.05, 0.1) is 33.7 Å². The fourth-order valence-electron chi connectivity index (χ4n) is 3.56. The van der Waals surface area contributed by atoms with Gasteiger partial charge in [0, 0.05) is 0 Å². The Hall–Kier alpha value is -3.87. The molecule has 1 aliphatic rings. The predicted molar refractivity (Wildman–Crippen MR) is 119 cm³/mol. The minimum absolute atomic E-state index is 0.0851. The largest absolute Gasteiger partial charge is 0.384 e. The van der Waals surface area contributed by atoms with Gasteiger partial charge < -0.3 is 5.73 Å².